The van der Waals surface area contributed by atoms with Crippen molar-refractivity contribution in [3.05, 3.63) is 65.7 Å². The summed E-state index contributed by atoms with van der Waals surface area (Å²) in [5, 5.41) is 26.5. The van der Waals surface area contributed by atoms with Crippen LogP contribution in [0.5, 0.6) is 5.75 Å². The van der Waals surface area contributed by atoms with Crippen molar-refractivity contribution in [3.8, 4) is 5.75 Å². The smallest absolute Gasteiger partial charge is 0.408 e. The maximum atomic E-state index is 12.9. The minimum atomic E-state index is -1.24. The number of carbonyl (C=O) groups excluding carboxylic acids is 3. The first kappa shape index (κ1) is 28.2. The predicted molar refractivity (Wildman–Crippen MR) is 132 cm³/mol. The summed E-state index contributed by atoms with van der Waals surface area (Å²) >= 11 is 0. The molecule has 194 valence electrons. The van der Waals surface area contributed by atoms with Gasteiger partial charge in [-0.25, -0.2) is 9.59 Å². The Kier molecular flexibility index (Phi) is 10.7. The third-order valence-electron chi connectivity index (χ3n) is 5.27. The molecule has 10 nitrogen and oxygen atoms in total. The zero-order chi connectivity index (χ0) is 26.7. The summed E-state index contributed by atoms with van der Waals surface area (Å²) in [6.45, 7) is 5.21. The molecule has 3 amide bonds. The number of ether oxygens (including phenoxy) is 1. The van der Waals surface area contributed by atoms with Crippen LogP contribution in [-0.4, -0.2) is 52.2 Å². The van der Waals surface area contributed by atoms with Gasteiger partial charge >= 0.3 is 12.1 Å². The van der Waals surface area contributed by atoms with Gasteiger partial charge in [-0.2, -0.15) is 0 Å². The van der Waals surface area contributed by atoms with E-state index in [0.717, 1.165) is 5.56 Å². The Hall–Kier alpha value is -4.08. The number of benzene rings is 2. The van der Waals surface area contributed by atoms with Crippen molar-refractivity contribution in [1.82, 2.24) is 16.0 Å². The lowest BCUT2D eigenvalue weighted by Gasteiger charge is -2.24. The van der Waals surface area contributed by atoms with Crippen LogP contribution in [0.4, 0.5) is 4.79 Å². The summed E-state index contributed by atoms with van der Waals surface area (Å²) < 4.78 is 5.12. The molecule has 0 radical (unpaired) electrons. The highest BCUT2D eigenvalue weighted by Crippen LogP contribution is 2.12. The first-order chi connectivity index (χ1) is 17.0. The summed E-state index contributed by atoms with van der Waals surface area (Å²) in [6, 6.07) is 11.8. The second-order valence-corrected chi connectivity index (χ2v) is 8.89. The van der Waals surface area contributed by atoms with Gasteiger partial charge in [-0.1, -0.05) is 56.3 Å². The molecule has 0 aliphatic heterocycles. The molecule has 2 aromatic carbocycles. The van der Waals surface area contributed by atoms with E-state index in [9.17, 15) is 29.4 Å². The largest absolute Gasteiger partial charge is 0.508 e. The van der Waals surface area contributed by atoms with Crippen LogP contribution in [-0.2, 0) is 32.1 Å². The van der Waals surface area contributed by atoms with Crippen LogP contribution >= 0.6 is 0 Å². The van der Waals surface area contributed by atoms with E-state index in [1.807, 2.05) is 32.0 Å². The van der Waals surface area contributed by atoms with Crippen LogP contribution < -0.4 is 16.0 Å². The molecule has 0 spiro atoms. The van der Waals surface area contributed by atoms with Gasteiger partial charge in [-0.3, -0.25) is 9.59 Å². The first-order valence-electron chi connectivity index (χ1n) is 11.6. The summed E-state index contributed by atoms with van der Waals surface area (Å²) in [5.74, 6) is -2.44. The SMILES string of the molecule is CC(C)C[C@H](NC(=O)[C@@H](C)NC(=O)OCc1ccccc1)C(=O)N[C@@H](Cc1ccc(O)cc1)C(=O)O. The molecule has 0 aliphatic carbocycles. The highest BCUT2D eigenvalue weighted by molar-refractivity contribution is 5.92. The van der Waals surface area contributed by atoms with Gasteiger partial charge in [0.15, 0.2) is 0 Å². The van der Waals surface area contributed by atoms with E-state index in [-0.39, 0.29) is 31.1 Å². The molecular formula is C26H33N3O7. The molecule has 0 saturated carbocycles. The first-order valence-corrected chi connectivity index (χ1v) is 11.6. The van der Waals surface area contributed by atoms with Crippen LogP contribution in [0.2, 0.25) is 0 Å². The van der Waals surface area contributed by atoms with Gasteiger partial charge in [0.1, 0.15) is 30.5 Å². The van der Waals surface area contributed by atoms with E-state index in [0.29, 0.717) is 5.56 Å². The highest BCUT2D eigenvalue weighted by Gasteiger charge is 2.29. The number of hydrogen-bond acceptors (Lipinski definition) is 6. The summed E-state index contributed by atoms with van der Waals surface area (Å²) in [6.07, 6.45) is -0.533. The molecule has 0 unspecified atom stereocenters. The Morgan fingerprint density at radius 2 is 1.42 bits per heavy atom. The fourth-order valence-electron chi connectivity index (χ4n) is 3.35. The maximum absolute atomic E-state index is 12.9. The minimum Gasteiger partial charge on any atom is -0.508 e. The molecular weight excluding hydrogens is 466 g/mol. The number of aromatic hydroxyl groups is 1. The molecule has 36 heavy (non-hydrogen) atoms. The third-order valence-corrected chi connectivity index (χ3v) is 5.27. The number of carbonyl (C=O) groups is 4. The summed E-state index contributed by atoms with van der Waals surface area (Å²) in [7, 11) is 0. The molecule has 2 rings (SSSR count). The average molecular weight is 500 g/mol. The fourth-order valence-corrected chi connectivity index (χ4v) is 3.35. The second kappa shape index (κ2) is 13.7. The lowest BCUT2D eigenvalue weighted by molar-refractivity contribution is -0.142. The number of hydrogen-bond donors (Lipinski definition) is 5. The third kappa shape index (κ3) is 9.65. The standard InChI is InChI=1S/C26H33N3O7/c1-16(2)13-21(24(32)29-22(25(33)34)14-18-9-11-20(30)12-10-18)28-23(31)17(3)27-26(35)36-15-19-7-5-4-6-8-19/h4-12,16-17,21-22,30H,13-15H2,1-3H3,(H,27,35)(H,28,31)(H,29,32)(H,33,34)/t17-,21+,22+/m1/s1. The van der Waals surface area contributed by atoms with Gasteiger partial charge in [0.05, 0.1) is 0 Å². The van der Waals surface area contributed by atoms with Crippen LogP contribution in [0.25, 0.3) is 0 Å². The minimum absolute atomic E-state index is 0.00505. The number of rotatable bonds is 12. The molecule has 0 aliphatic rings. The number of carboxylic acids is 1. The molecule has 5 N–H and O–H groups in total. The van der Waals surface area contributed by atoms with Crippen molar-refractivity contribution in [2.45, 2.75) is 58.3 Å². The normalized spacial score (nSPS) is 13.2. The number of phenols is 1. The molecule has 10 heteroatoms. The molecule has 0 aromatic heterocycles. The van der Waals surface area contributed by atoms with E-state index >= 15 is 0 Å². The number of carboxylic acid groups (broad SMARTS) is 1. The predicted octanol–water partition coefficient (Wildman–Crippen LogP) is 2.35. The molecule has 0 heterocycles. The molecule has 3 atom stereocenters. The van der Waals surface area contributed by atoms with Gasteiger partial charge in [0.25, 0.3) is 0 Å². The topological polar surface area (TPSA) is 154 Å². The summed E-state index contributed by atoms with van der Waals surface area (Å²) in [5.41, 5.74) is 1.40. The number of amides is 3. The van der Waals surface area contributed by atoms with Crippen LogP contribution in [0.15, 0.2) is 54.6 Å². The van der Waals surface area contributed by atoms with Gasteiger partial charge in [0, 0.05) is 6.42 Å². The van der Waals surface area contributed by atoms with Gasteiger partial charge in [0.2, 0.25) is 11.8 Å². The van der Waals surface area contributed by atoms with Crippen LogP contribution in [0.3, 0.4) is 0 Å². The van der Waals surface area contributed by atoms with Crippen LogP contribution in [0, 0.1) is 5.92 Å². The number of alkyl carbamates (subject to hydrolysis) is 1. The zero-order valence-electron chi connectivity index (χ0n) is 20.6. The highest BCUT2D eigenvalue weighted by atomic mass is 16.5. The Labute approximate surface area is 210 Å². The number of aliphatic carboxylic acids is 1. The van der Waals surface area contributed by atoms with Gasteiger partial charge in [-0.05, 0) is 42.5 Å². The van der Waals surface area contributed by atoms with E-state index in [2.05, 4.69) is 16.0 Å². The average Bonchev–Trinajstić information content (AvgIpc) is 2.83. The van der Waals surface area contributed by atoms with Gasteiger partial charge < -0.3 is 30.9 Å². The molecule has 0 saturated heterocycles. The van der Waals surface area contributed by atoms with Crippen LogP contribution in [0.1, 0.15) is 38.3 Å². The van der Waals surface area contributed by atoms with Gasteiger partial charge in [-0.15, -0.1) is 0 Å². The maximum Gasteiger partial charge on any atom is 0.408 e. The van der Waals surface area contributed by atoms with Crippen molar-refractivity contribution in [1.29, 1.82) is 0 Å². The van der Waals surface area contributed by atoms with E-state index in [4.69, 9.17) is 4.74 Å². The molecule has 0 bridgehead atoms. The second-order valence-electron chi connectivity index (χ2n) is 8.89. The summed E-state index contributed by atoms with van der Waals surface area (Å²) in [4.78, 5) is 49.5. The van der Waals surface area contributed by atoms with E-state index in [1.54, 1.807) is 24.3 Å². The Morgan fingerprint density at radius 3 is 2.00 bits per heavy atom. The van der Waals surface area contributed by atoms with Crippen molar-refractivity contribution in [2.75, 3.05) is 0 Å². The Morgan fingerprint density at radius 1 is 0.806 bits per heavy atom. The van der Waals surface area contributed by atoms with Crippen molar-refractivity contribution in [3.63, 3.8) is 0 Å². The van der Waals surface area contributed by atoms with E-state index < -0.39 is 42.0 Å². The molecule has 2 aromatic rings. The monoisotopic (exact) mass is 499 g/mol. The zero-order valence-corrected chi connectivity index (χ0v) is 20.6. The van der Waals surface area contributed by atoms with E-state index in [1.165, 1.54) is 19.1 Å². The number of nitrogens with one attached hydrogen (secondary N) is 3. The lowest BCUT2D eigenvalue weighted by Crippen LogP contribution is -2.55. The number of phenolic OH excluding ortho intramolecular Hbond substituents is 1. The quantitative estimate of drug-likeness (QED) is 0.300. The van der Waals surface area contributed by atoms with Crippen molar-refractivity contribution < 1.29 is 34.1 Å². The Balaban J connectivity index is 1.96. The Bertz CT molecular complexity index is 1030. The van der Waals surface area contributed by atoms with Crippen molar-refractivity contribution in [2.24, 2.45) is 5.92 Å². The van der Waals surface area contributed by atoms with Crippen molar-refractivity contribution >= 4 is 23.9 Å². The fraction of sp³-hybridized carbons (Fsp3) is 0.385. The lowest BCUT2D eigenvalue weighted by atomic mass is 10.0. The molecule has 0 fully saturated rings.